The first-order valence-corrected chi connectivity index (χ1v) is 10.5. The number of amides is 1. The Morgan fingerprint density at radius 2 is 1.50 bits per heavy atom. The molecule has 0 spiro atoms. The van der Waals surface area contributed by atoms with Gasteiger partial charge in [0, 0.05) is 24.7 Å². The second-order valence-corrected chi connectivity index (χ2v) is 7.55. The summed E-state index contributed by atoms with van der Waals surface area (Å²) < 4.78 is 43.8. The zero-order chi connectivity index (χ0) is 24.6. The van der Waals surface area contributed by atoms with Gasteiger partial charge in [0.2, 0.25) is 0 Å². The number of hydrogen-bond acceptors (Lipinski definition) is 4. The number of aromatic nitrogens is 1. The molecule has 0 aliphatic rings. The lowest BCUT2D eigenvalue weighted by molar-refractivity contribution is -0.149. The minimum atomic E-state index is -4.66. The molecule has 0 fully saturated rings. The molecule has 0 aliphatic carbocycles. The van der Waals surface area contributed by atoms with E-state index >= 15 is 0 Å². The van der Waals surface area contributed by atoms with Crippen LogP contribution in [0.5, 0.6) is 0 Å². The van der Waals surface area contributed by atoms with E-state index in [1.807, 2.05) is 60.7 Å². The highest BCUT2D eigenvalue weighted by atomic mass is 19.4. The van der Waals surface area contributed by atoms with Gasteiger partial charge in [-0.25, -0.2) is 0 Å². The van der Waals surface area contributed by atoms with E-state index in [-0.39, 0.29) is 5.92 Å². The smallest absolute Gasteiger partial charge is 0.417 e. The van der Waals surface area contributed by atoms with Crippen molar-refractivity contribution in [3.8, 4) is 0 Å². The quantitative estimate of drug-likeness (QED) is 0.482. The maximum atomic E-state index is 12.8. The van der Waals surface area contributed by atoms with Gasteiger partial charge in [-0.15, -0.1) is 0 Å². The van der Waals surface area contributed by atoms with E-state index in [2.05, 4.69) is 5.32 Å². The molecule has 0 atom stereocenters. The molecule has 1 N–H and O–H groups in total. The molecule has 0 aliphatic heterocycles. The standard InChI is InChI=1S/C25H23F3N2O4/c26-25(27,28)20-11-12-23(32)30(15-20)16-24(33)34-17-22(31)29-14-13-21(18-7-3-1-4-8-18)19-9-5-2-6-10-19/h1-12,15,21H,13-14,16-17H2,(H,29,31). The number of rotatable bonds is 9. The number of hydrogen-bond donors (Lipinski definition) is 1. The Kier molecular flexibility index (Phi) is 8.24. The van der Waals surface area contributed by atoms with Crippen molar-refractivity contribution in [3.05, 3.63) is 106 Å². The fourth-order valence-electron chi connectivity index (χ4n) is 3.46. The maximum absolute atomic E-state index is 12.8. The lowest BCUT2D eigenvalue weighted by Crippen LogP contribution is -2.32. The SMILES string of the molecule is O=C(COC(=O)Cn1cc(C(F)(F)F)ccc1=O)NCCC(c1ccccc1)c1ccccc1. The lowest BCUT2D eigenvalue weighted by atomic mass is 9.88. The van der Waals surface area contributed by atoms with Gasteiger partial charge in [-0.3, -0.25) is 14.4 Å². The van der Waals surface area contributed by atoms with Gasteiger partial charge in [-0.2, -0.15) is 13.2 Å². The molecule has 0 saturated carbocycles. The number of esters is 1. The van der Waals surface area contributed by atoms with Crippen LogP contribution in [0.2, 0.25) is 0 Å². The summed E-state index contributed by atoms with van der Waals surface area (Å²) in [5.41, 5.74) is 0.341. The topological polar surface area (TPSA) is 77.4 Å². The predicted octanol–water partition coefficient (Wildman–Crippen LogP) is 3.75. The highest BCUT2D eigenvalue weighted by molar-refractivity contribution is 5.80. The monoisotopic (exact) mass is 472 g/mol. The molecule has 0 bridgehead atoms. The average Bonchev–Trinajstić information content (AvgIpc) is 2.82. The van der Waals surface area contributed by atoms with Crippen molar-refractivity contribution < 1.29 is 27.5 Å². The first-order chi connectivity index (χ1) is 16.2. The van der Waals surface area contributed by atoms with Crippen LogP contribution in [0, 0.1) is 0 Å². The molecule has 0 unspecified atom stereocenters. The molecule has 178 valence electrons. The van der Waals surface area contributed by atoms with E-state index in [4.69, 9.17) is 4.74 Å². The van der Waals surface area contributed by atoms with Gasteiger partial charge in [0.25, 0.3) is 11.5 Å². The molecule has 3 aromatic rings. The van der Waals surface area contributed by atoms with E-state index in [1.54, 1.807) is 0 Å². The summed E-state index contributed by atoms with van der Waals surface area (Å²) >= 11 is 0. The van der Waals surface area contributed by atoms with Gasteiger partial charge < -0.3 is 14.6 Å². The Balaban J connectivity index is 1.50. The van der Waals surface area contributed by atoms with Crippen molar-refractivity contribution in [1.29, 1.82) is 0 Å². The van der Waals surface area contributed by atoms with Crippen LogP contribution in [-0.2, 0) is 27.0 Å². The van der Waals surface area contributed by atoms with Crippen molar-refractivity contribution in [2.24, 2.45) is 0 Å². The summed E-state index contributed by atoms with van der Waals surface area (Å²) in [6, 6.07) is 21.0. The minimum absolute atomic E-state index is 0.0537. The summed E-state index contributed by atoms with van der Waals surface area (Å²) in [7, 11) is 0. The molecule has 3 rings (SSSR count). The van der Waals surface area contributed by atoms with Gasteiger partial charge in [0.1, 0.15) is 6.54 Å². The van der Waals surface area contributed by atoms with Gasteiger partial charge >= 0.3 is 12.1 Å². The minimum Gasteiger partial charge on any atom is -0.454 e. The van der Waals surface area contributed by atoms with Crippen molar-refractivity contribution in [1.82, 2.24) is 9.88 Å². The van der Waals surface area contributed by atoms with Crippen LogP contribution in [0.1, 0.15) is 29.0 Å². The second-order valence-electron chi connectivity index (χ2n) is 7.55. The van der Waals surface area contributed by atoms with E-state index in [1.165, 1.54) is 0 Å². The molecule has 1 aromatic heterocycles. The van der Waals surface area contributed by atoms with Gasteiger partial charge in [-0.05, 0) is 23.6 Å². The summed E-state index contributed by atoms with van der Waals surface area (Å²) in [6.07, 6.45) is -3.51. The molecule has 9 heteroatoms. The van der Waals surface area contributed by atoms with Gasteiger partial charge in [-0.1, -0.05) is 60.7 Å². The Labute approximate surface area is 194 Å². The van der Waals surface area contributed by atoms with Crippen molar-refractivity contribution in [3.63, 3.8) is 0 Å². The Morgan fingerprint density at radius 1 is 0.912 bits per heavy atom. The first kappa shape index (κ1) is 24.8. The molecular formula is C25H23F3N2O4. The molecule has 6 nitrogen and oxygen atoms in total. The van der Waals surface area contributed by atoms with Crippen molar-refractivity contribution >= 4 is 11.9 Å². The molecule has 1 amide bonds. The summed E-state index contributed by atoms with van der Waals surface area (Å²) in [4.78, 5) is 35.8. The zero-order valence-electron chi connectivity index (χ0n) is 18.1. The predicted molar refractivity (Wildman–Crippen MR) is 119 cm³/mol. The van der Waals surface area contributed by atoms with E-state index < -0.39 is 42.3 Å². The highest BCUT2D eigenvalue weighted by Gasteiger charge is 2.31. The van der Waals surface area contributed by atoms with Crippen LogP contribution >= 0.6 is 0 Å². The van der Waals surface area contributed by atoms with Gasteiger partial charge in [0.15, 0.2) is 6.61 Å². The number of benzene rings is 2. The Bertz CT molecular complexity index is 1120. The number of nitrogens with zero attached hydrogens (tertiary/aromatic N) is 1. The van der Waals surface area contributed by atoms with Crippen LogP contribution < -0.4 is 10.9 Å². The molecule has 2 aromatic carbocycles. The molecule has 34 heavy (non-hydrogen) atoms. The number of alkyl halides is 3. The summed E-state index contributed by atoms with van der Waals surface area (Å²) in [5.74, 6) is -1.49. The van der Waals surface area contributed by atoms with Crippen molar-refractivity contribution in [2.45, 2.75) is 25.1 Å². The molecular weight excluding hydrogens is 449 g/mol. The maximum Gasteiger partial charge on any atom is 0.417 e. The number of ether oxygens (including phenoxy) is 1. The van der Waals surface area contributed by atoms with E-state index in [9.17, 15) is 27.6 Å². The third kappa shape index (κ3) is 7.06. The third-order valence-corrected chi connectivity index (χ3v) is 5.13. The lowest BCUT2D eigenvalue weighted by Gasteiger charge is -2.18. The largest absolute Gasteiger partial charge is 0.454 e. The fourth-order valence-corrected chi connectivity index (χ4v) is 3.46. The molecule has 0 saturated heterocycles. The number of pyridine rings is 1. The normalized spacial score (nSPS) is 11.3. The Hall–Kier alpha value is -3.88. The highest BCUT2D eigenvalue weighted by Crippen LogP contribution is 2.28. The third-order valence-electron chi connectivity index (χ3n) is 5.13. The number of carbonyl (C=O) groups is 2. The molecule has 1 heterocycles. The van der Waals surface area contributed by atoms with E-state index in [0.717, 1.165) is 17.2 Å². The van der Waals surface area contributed by atoms with Crippen LogP contribution in [0.4, 0.5) is 13.2 Å². The van der Waals surface area contributed by atoms with Crippen LogP contribution in [0.3, 0.4) is 0 Å². The number of carbonyl (C=O) groups excluding carboxylic acids is 2. The second kappa shape index (κ2) is 11.3. The summed E-state index contributed by atoms with van der Waals surface area (Å²) in [5, 5.41) is 2.68. The van der Waals surface area contributed by atoms with Crippen LogP contribution in [0.15, 0.2) is 83.8 Å². The van der Waals surface area contributed by atoms with E-state index in [0.29, 0.717) is 29.8 Å². The molecule has 0 radical (unpaired) electrons. The number of nitrogens with one attached hydrogen (secondary N) is 1. The van der Waals surface area contributed by atoms with Crippen molar-refractivity contribution in [2.75, 3.05) is 13.2 Å². The fraction of sp³-hybridized carbons (Fsp3) is 0.240. The zero-order valence-corrected chi connectivity index (χ0v) is 18.1. The Morgan fingerprint density at radius 3 is 2.06 bits per heavy atom. The van der Waals surface area contributed by atoms with Gasteiger partial charge in [0.05, 0.1) is 5.56 Å². The summed E-state index contributed by atoms with van der Waals surface area (Å²) in [6.45, 7) is -1.02. The average molecular weight is 472 g/mol. The number of halogens is 3. The van der Waals surface area contributed by atoms with Crippen LogP contribution in [0.25, 0.3) is 0 Å². The van der Waals surface area contributed by atoms with Crippen LogP contribution in [-0.4, -0.2) is 29.6 Å². The first-order valence-electron chi connectivity index (χ1n) is 10.5.